The highest BCUT2D eigenvalue weighted by molar-refractivity contribution is 5.82. The molecule has 5 aliphatic carbocycles. The van der Waals surface area contributed by atoms with Crippen molar-refractivity contribution >= 4 is 41.3 Å². The number of fused-ring (bicyclic) bond motifs is 7. The molecule has 15 heterocycles. The van der Waals surface area contributed by atoms with Crippen LogP contribution in [-0.2, 0) is 110 Å². The second-order valence-corrected chi connectivity index (χ2v) is 42.4. The van der Waals surface area contributed by atoms with Gasteiger partial charge in [0.1, 0.15) is 141 Å². The zero-order valence-electron chi connectivity index (χ0n) is 87.2. The highest BCUT2D eigenvalue weighted by atomic mass is 16.5. The zero-order valence-corrected chi connectivity index (χ0v) is 87.2. The van der Waals surface area contributed by atoms with Gasteiger partial charge < -0.3 is 47.2 Å². The summed E-state index contributed by atoms with van der Waals surface area (Å²) in [4.78, 5) is 70.5. The number of rotatable bonds is 7. The molecule has 7 spiro atoms. The van der Waals surface area contributed by atoms with Gasteiger partial charge in [0.05, 0.1) is 5.69 Å². The van der Waals surface area contributed by atoms with E-state index in [4.69, 9.17) is 72.1 Å². The van der Waals surface area contributed by atoms with Gasteiger partial charge in [0.15, 0.2) is 41.3 Å². The van der Waals surface area contributed by atoms with Gasteiger partial charge in [-0.25, -0.2) is 74.8 Å². The molecule has 28 rings (SSSR count). The SMILES string of the molecule is CC1=NC2(CCc3ccc(-c4cncnc4)cc3C2)CO1.CC1=NC2(CCc3cccc(-c4cccnc4)c3C2)CO1.CC1=NC2(CCc3cccc(-c4cncnc4)c3C2)CO1.CC1=NC2(CO1)COc1ccc(-c3c(C)cccc3C)cc1C2.CC1=NC2(CO1)COc1ccc(-c3c(C)noc3C)cc1C2.CC1=N[C@@]2(CCc3cccc(-c4cncnc4)c3C2)CO1.CC1=N[C@]2(CCc3cccc(-c4cncnc4)c3C2)CO1. The molecule has 0 radical (unpaired) electrons. The van der Waals surface area contributed by atoms with Crippen LogP contribution in [0.25, 0.3) is 77.9 Å². The highest BCUT2D eigenvalue weighted by Crippen LogP contribution is 2.48. The molecule has 14 aliphatic rings. The number of pyridine rings is 1. The van der Waals surface area contributed by atoms with E-state index in [0.717, 1.165) is 226 Å². The first-order valence-corrected chi connectivity index (χ1v) is 52.2. The number of benzene rings is 8. The van der Waals surface area contributed by atoms with Crippen molar-refractivity contribution in [1.29, 1.82) is 0 Å². The van der Waals surface area contributed by atoms with Gasteiger partial charge in [-0.1, -0.05) is 133 Å². The van der Waals surface area contributed by atoms with E-state index in [1.165, 1.54) is 117 Å². The smallest absolute Gasteiger partial charge is 0.180 e. The summed E-state index contributed by atoms with van der Waals surface area (Å²) in [6.07, 6.45) is 42.1. The Labute approximate surface area is 875 Å². The lowest BCUT2D eigenvalue weighted by Gasteiger charge is -2.32. The Morgan fingerprint density at radius 1 is 0.227 bits per heavy atom. The summed E-state index contributed by atoms with van der Waals surface area (Å²) in [6, 6.07) is 56.1. The first-order chi connectivity index (χ1) is 72.9. The molecule has 0 bridgehead atoms. The molecule has 0 N–H and O–H groups in total. The van der Waals surface area contributed by atoms with Crippen LogP contribution in [0.15, 0.2) is 284 Å². The number of hydrogen-bond donors (Lipinski definition) is 0. The Morgan fingerprint density at radius 2 is 0.527 bits per heavy atom. The summed E-state index contributed by atoms with van der Waals surface area (Å²) in [6.45, 7) is 27.7. The molecular formula is C123H125N17O10. The number of aryl methyl sites for hydroxylation is 9. The summed E-state index contributed by atoms with van der Waals surface area (Å²) in [5, 5.41) is 4.04. The summed E-state index contributed by atoms with van der Waals surface area (Å²) in [5.74, 6) is 8.37. The van der Waals surface area contributed by atoms with E-state index in [1.54, 1.807) is 25.3 Å². The molecule has 6 aromatic heterocycles. The molecule has 0 saturated heterocycles. The van der Waals surface area contributed by atoms with Gasteiger partial charge in [0.2, 0.25) is 0 Å². The number of nitrogens with zero attached hydrogens (tertiary/aromatic N) is 17. The van der Waals surface area contributed by atoms with Gasteiger partial charge in [-0.05, 0) is 245 Å². The van der Waals surface area contributed by atoms with Gasteiger partial charge in [-0.2, -0.15) is 0 Å². The largest absolute Gasteiger partial charge is 0.491 e. The van der Waals surface area contributed by atoms with Crippen molar-refractivity contribution in [2.75, 3.05) is 59.5 Å². The van der Waals surface area contributed by atoms with Gasteiger partial charge >= 0.3 is 0 Å². The Morgan fingerprint density at radius 3 is 0.867 bits per heavy atom. The first-order valence-electron chi connectivity index (χ1n) is 52.2. The van der Waals surface area contributed by atoms with Crippen LogP contribution in [0, 0.1) is 27.7 Å². The molecule has 0 fully saturated rings. The minimum absolute atomic E-state index is 0.0388. The van der Waals surface area contributed by atoms with Crippen molar-refractivity contribution < 1.29 is 47.2 Å². The van der Waals surface area contributed by atoms with Crippen molar-refractivity contribution in [3.05, 3.63) is 334 Å². The van der Waals surface area contributed by atoms with E-state index >= 15 is 0 Å². The van der Waals surface area contributed by atoms with E-state index < -0.39 is 0 Å². The Balaban J connectivity index is 0.0000000989. The maximum absolute atomic E-state index is 5.97. The monoisotopic (exact) mass is 2000 g/mol. The molecule has 9 aliphatic heterocycles. The molecular weight excluding hydrogens is 1880 g/mol. The zero-order chi connectivity index (χ0) is 103. The standard InChI is InChI=1S/C20H21NO2.C18H18N2O.4C17H17N3O.C17H18N2O3/c1-13-5-4-6-14(2)19(13)16-7-8-18-17(9-16)10-20(12-23-18)11-22-15(3)21-20;1-13-20-18(12-21-13)8-7-14-4-2-6-16(17(14)10-18)15-5-3-9-19-11-15;1-12-20-17(10-21-12)5-4-13-2-3-14(6-15(13)7-17)16-8-18-11-19-9-16;3*1-12-20-17(10-21-12)6-5-13-3-2-4-15(16(13)7-17)14-8-18-11-19-9-14;1-10-16(11(2)22-19-10)13-4-5-15-14(6-13)7-17(9-21-15)8-20-12(3)18-17/h4-9H,10-12H2,1-3H3;2-6,9,11H,7-8,10,12H2,1H3;2-3,6,8-9,11H,4-5,7,10H2,1H3;3*2-4,8-9,11H,5-7,10H2,1H3;4-6H,7-9H2,1-3H3/t;;;2*17-;;/m...10../s1. The Kier molecular flexibility index (Phi) is 27.6. The second-order valence-electron chi connectivity index (χ2n) is 42.4. The fraction of sp³-hybridized carbons (Fsp3) is 0.358. The van der Waals surface area contributed by atoms with E-state index in [-0.39, 0.29) is 38.8 Å². The molecule has 762 valence electrons. The number of hydrogen-bond acceptors (Lipinski definition) is 27. The number of aromatic nitrogens is 10. The molecule has 0 amide bonds. The van der Waals surface area contributed by atoms with Crippen LogP contribution in [0.2, 0.25) is 0 Å². The van der Waals surface area contributed by atoms with Gasteiger partial charge in [-0.3, -0.25) is 4.98 Å². The fourth-order valence-corrected chi connectivity index (χ4v) is 24.2. The molecule has 14 aromatic rings. The van der Waals surface area contributed by atoms with Crippen LogP contribution >= 0.6 is 0 Å². The predicted octanol–water partition coefficient (Wildman–Crippen LogP) is 21.9. The second kappa shape index (κ2) is 41.8. The normalized spacial score (nSPS) is 23.3. The lowest BCUT2D eigenvalue weighted by Crippen LogP contribution is -2.41. The molecule has 7 atom stereocenters. The van der Waals surface area contributed by atoms with Crippen LogP contribution in [0.3, 0.4) is 0 Å². The lowest BCUT2D eigenvalue weighted by atomic mass is 9.76. The Bertz CT molecular complexity index is 7110. The van der Waals surface area contributed by atoms with Gasteiger partial charge in [0.25, 0.3) is 0 Å². The maximum atomic E-state index is 5.97. The third-order valence-corrected chi connectivity index (χ3v) is 31.5. The van der Waals surface area contributed by atoms with Crippen molar-refractivity contribution in [1.82, 2.24) is 50.0 Å². The third-order valence-electron chi connectivity index (χ3n) is 31.5. The quantitative estimate of drug-likeness (QED) is 0.143. The average Bonchev–Trinajstić information content (AvgIpc) is 1.54. The van der Waals surface area contributed by atoms with Crippen LogP contribution in [-0.4, -0.2) is 190 Å². The van der Waals surface area contributed by atoms with Gasteiger partial charge in [0, 0.05) is 189 Å². The van der Waals surface area contributed by atoms with E-state index in [2.05, 4.69) is 219 Å². The number of ether oxygens (including phenoxy) is 9. The summed E-state index contributed by atoms with van der Waals surface area (Å²) in [5.41, 5.74) is 35.5. The van der Waals surface area contributed by atoms with Gasteiger partial charge in [-0.15, -0.1) is 0 Å². The number of aliphatic imine (C=N–C) groups is 7. The van der Waals surface area contributed by atoms with E-state index in [1.807, 2.05) is 136 Å². The van der Waals surface area contributed by atoms with Crippen molar-refractivity contribution in [3.63, 3.8) is 0 Å². The molecule has 8 aromatic carbocycles. The van der Waals surface area contributed by atoms with E-state index in [9.17, 15) is 0 Å². The molecule has 5 unspecified atom stereocenters. The average molecular weight is 2000 g/mol. The summed E-state index contributed by atoms with van der Waals surface area (Å²) >= 11 is 0. The van der Waals surface area contributed by atoms with E-state index in [0.29, 0.717) is 46.2 Å². The first kappa shape index (κ1) is 99.0. The highest BCUT2D eigenvalue weighted by Gasteiger charge is 2.48. The molecule has 27 nitrogen and oxygen atoms in total. The van der Waals surface area contributed by atoms with Crippen LogP contribution in [0.4, 0.5) is 0 Å². The predicted molar refractivity (Wildman–Crippen MR) is 583 cm³/mol. The fourth-order valence-electron chi connectivity index (χ4n) is 24.2. The summed E-state index contributed by atoms with van der Waals surface area (Å²) < 4.78 is 56.4. The summed E-state index contributed by atoms with van der Waals surface area (Å²) in [7, 11) is 0. The Hall–Kier alpha value is -15.7. The third kappa shape index (κ3) is 21.2. The van der Waals surface area contributed by atoms with Crippen molar-refractivity contribution in [3.8, 4) is 89.4 Å². The van der Waals surface area contributed by atoms with Crippen LogP contribution < -0.4 is 9.47 Å². The molecule has 0 saturated carbocycles. The van der Waals surface area contributed by atoms with Crippen molar-refractivity contribution in [2.45, 2.75) is 224 Å². The molecule has 27 heteroatoms. The topological polar surface area (TPSA) is 312 Å². The maximum Gasteiger partial charge on any atom is 0.180 e. The van der Waals surface area contributed by atoms with Crippen LogP contribution in [0.5, 0.6) is 11.5 Å². The lowest BCUT2D eigenvalue weighted by molar-refractivity contribution is 0.153. The van der Waals surface area contributed by atoms with Crippen molar-refractivity contribution in [2.24, 2.45) is 34.9 Å². The minimum atomic E-state index is -0.269. The minimum Gasteiger partial charge on any atom is -0.491 e. The molecule has 150 heavy (non-hydrogen) atoms. The van der Waals surface area contributed by atoms with Crippen LogP contribution in [0.1, 0.15) is 170 Å².